The van der Waals surface area contributed by atoms with Gasteiger partial charge in [-0.15, -0.1) is 0 Å². The first kappa shape index (κ1) is 17.6. The molecular weight excluding hydrogens is 326 g/mol. The number of aromatic hydroxyl groups is 1. The van der Waals surface area contributed by atoms with Gasteiger partial charge in [0.25, 0.3) is 0 Å². The van der Waals surface area contributed by atoms with Gasteiger partial charge in [-0.25, -0.2) is 4.98 Å². The number of phenolic OH excluding ortho intramolecular Hbond substituents is 1. The molecular formula is C21H29N3O2. The zero-order valence-corrected chi connectivity index (χ0v) is 15.8. The molecule has 2 N–H and O–H groups in total. The van der Waals surface area contributed by atoms with Crippen LogP contribution in [-0.4, -0.2) is 40.7 Å². The maximum absolute atomic E-state index is 10.5. The number of hydrogen-bond acceptors (Lipinski definition) is 5. The molecule has 1 aromatic carbocycles. The topological polar surface area (TPSA) is 57.6 Å². The Morgan fingerprint density at radius 1 is 1.19 bits per heavy atom. The summed E-state index contributed by atoms with van der Waals surface area (Å²) < 4.78 is 5.71. The molecule has 5 nitrogen and oxygen atoms in total. The molecule has 2 aliphatic rings. The second-order valence-corrected chi connectivity index (χ2v) is 7.86. The van der Waals surface area contributed by atoms with Crippen LogP contribution < -0.4 is 5.32 Å². The molecule has 0 aliphatic carbocycles. The smallest absolute Gasteiger partial charge is 0.132 e. The lowest BCUT2D eigenvalue weighted by atomic mass is 9.99. The van der Waals surface area contributed by atoms with Crippen molar-refractivity contribution in [2.45, 2.75) is 58.8 Å². The zero-order valence-electron chi connectivity index (χ0n) is 15.8. The minimum atomic E-state index is 0.308. The molecule has 0 radical (unpaired) electrons. The number of rotatable bonds is 6. The fourth-order valence-electron chi connectivity index (χ4n) is 4.12. The summed E-state index contributed by atoms with van der Waals surface area (Å²) in [6, 6.07) is 4.27. The number of pyridine rings is 1. The molecule has 1 fully saturated rings. The van der Waals surface area contributed by atoms with E-state index in [2.05, 4.69) is 30.1 Å². The summed E-state index contributed by atoms with van der Waals surface area (Å²) in [6.45, 7) is 9.02. The number of benzene rings is 1. The lowest BCUT2D eigenvalue weighted by Gasteiger charge is -2.16. The molecule has 26 heavy (non-hydrogen) atoms. The summed E-state index contributed by atoms with van der Waals surface area (Å²) in [7, 11) is 0. The van der Waals surface area contributed by atoms with Crippen LogP contribution in [0.5, 0.6) is 5.75 Å². The van der Waals surface area contributed by atoms with Crippen molar-refractivity contribution in [2.75, 3.05) is 25.0 Å². The molecule has 140 valence electrons. The highest BCUT2D eigenvalue weighted by atomic mass is 16.5. The van der Waals surface area contributed by atoms with Crippen LogP contribution >= 0.6 is 0 Å². The van der Waals surface area contributed by atoms with Crippen LogP contribution in [0.4, 0.5) is 5.82 Å². The van der Waals surface area contributed by atoms with E-state index in [1.54, 1.807) is 0 Å². The van der Waals surface area contributed by atoms with Crippen molar-refractivity contribution < 1.29 is 9.84 Å². The van der Waals surface area contributed by atoms with Gasteiger partial charge in [0.1, 0.15) is 11.6 Å². The second kappa shape index (κ2) is 7.41. The Kier molecular flexibility index (Phi) is 5.00. The first-order chi connectivity index (χ1) is 12.6. The van der Waals surface area contributed by atoms with Crippen LogP contribution in [0.2, 0.25) is 0 Å². The van der Waals surface area contributed by atoms with Crippen molar-refractivity contribution in [1.29, 1.82) is 0 Å². The minimum Gasteiger partial charge on any atom is -0.508 e. The van der Waals surface area contributed by atoms with Gasteiger partial charge >= 0.3 is 0 Å². The Morgan fingerprint density at radius 3 is 2.73 bits per heavy atom. The normalized spacial score (nSPS) is 17.3. The van der Waals surface area contributed by atoms with E-state index in [9.17, 15) is 5.11 Å². The van der Waals surface area contributed by atoms with Crippen molar-refractivity contribution in [1.82, 2.24) is 9.88 Å². The monoisotopic (exact) mass is 355 g/mol. The summed E-state index contributed by atoms with van der Waals surface area (Å²) in [5.41, 5.74) is 4.26. The summed E-state index contributed by atoms with van der Waals surface area (Å²) in [6.07, 6.45) is 4.63. The summed E-state index contributed by atoms with van der Waals surface area (Å²) in [4.78, 5) is 7.30. The van der Waals surface area contributed by atoms with Crippen molar-refractivity contribution in [2.24, 2.45) is 0 Å². The molecule has 1 aromatic heterocycles. The number of aryl methyl sites for hydroxylation is 1. The summed E-state index contributed by atoms with van der Waals surface area (Å²) in [5, 5.41) is 15.1. The van der Waals surface area contributed by atoms with E-state index in [1.807, 2.05) is 6.07 Å². The fraction of sp³-hybridized carbons (Fsp3) is 0.571. The zero-order chi connectivity index (χ0) is 18.1. The molecule has 4 rings (SSSR count). The molecule has 5 heteroatoms. The Labute approximate surface area is 155 Å². The third kappa shape index (κ3) is 3.51. The molecule has 0 atom stereocenters. The van der Waals surface area contributed by atoms with E-state index in [-0.39, 0.29) is 0 Å². The number of phenols is 1. The molecule has 0 bridgehead atoms. The van der Waals surface area contributed by atoms with Gasteiger partial charge in [-0.05, 0) is 76.4 Å². The third-order valence-electron chi connectivity index (χ3n) is 5.44. The number of nitrogens with zero attached hydrogens (tertiary/aromatic N) is 2. The Hall–Kier alpha value is -1.85. The third-order valence-corrected chi connectivity index (χ3v) is 5.44. The van der Waals surface area contributed by atoms with Gasteiger partial charge in [0.2, 0.25) is 0 Å². The quantitative estimate of drug-likeness (QED) is 0.825. The number of hydrogen-bond donors (Lipinski definition) is 2. The van der Waals surface area contributed by atoms with E-state index < -0.39 is 0 Å². The van der Waals surface area contributed by atoms with Gasteiger partial charge in [-0.3, -0.25) is 0 Å². The Bertz CT molecular complexity index is 798. The van der Waals surface area contributed by atoms with Crippen molar-refractivity contribution in [3.8, 4) is 5.75 Å². The fourth-order valence-corrected chi connectivity index (χ4v) is 4.12. The van der Waals surface area contributed by atoms with E-state index in [1.165, 1.54) is 37.1 Å². The lowest BCUT2D eigenvalue weighted by molar-refractivity contribution is 0.135. The van der Waals surface area contributed by atoms with Gasteiger partial charge in [0, 0.05) is 23.1 Å². The molecule has 2 aliphatic heterocycles. The highest BCUT2D eigenvalue weighted by Gasteiger charge is 2.22. The van der Waals surface area contributed by atoms with Gasteiger partial charge in [-0.2, -0.15) is 0 Å². The van der Waals surface area contributed by atoms with E-state index in [0.29, 0.717) is 25.0 Å². The largest absolute Gasteiger partial charge is 0.508 e. The molecule has 0 unspecified atom stereocenters. The highest BCUT2D eigenvalue weighted by Crippen LogP contribution is 2.35. The van der Waals surface area contributed by atoms with Crippen LogP contribution in [0, 0.1) is 0 Å². The number of likely N-dealkylation sites (tertiary alicyclic amines) is 1. The van der Waals surface area contributed by atoms with Gasteiger partial charge in [0.15, 0.2) is 0 Å². The molecule has 3 heterocycles. The molecule has 0 amide bonds. The summed E-state index contributed by atoms with van der Waals surface area (Å²) >= 11 is 0. The van der Waals surface area contributed by atoms with Gasteiger partial charge in [-0.1, -0.05) is 0 Å². The number of fused-ring (bicyclic) bond motifs is 3. The molecule has 2 aromatic rings. The first-order valence-corrected chi connectivity index (χ1v) is 9.86. The molecule has 0 saturated carbocycles. The van der Waals surface area contributed by atoms with Gasteiger partial charge in [0.05, 0.1) is 18.7 Å². The number of anilines is 1. The van der Waals surface area contributed by atoms with Crippen LogP contribution in [0.1, 0.15) is 49.8 Å². The Morgan fingerprint density at radius 2 is 1.96 bits per heavy atom. The number of nitrogens with one attached hydrogen (secondary N) is 1. The van der Waals surface area contributed by atoms with E-state index in [0.717, 1.165) is 41.7 Å². The van der Waals surface area contributed by atoms with E-state index in [4.69, 9.17) is 9.72 Å². The predicted octanol–water partition coefficient (Wildman–Crippen LogP) is 3.82. The molecule has 1 saturated heterocycles. The number of aromatic nitrogens is 1. The van der Waals surface area contributed by atoms with E-state index >= 15 is 0 Å². The average molecular weight is 355 g/mol. The van der Waals surface area contributed by atoms with Gasteiger partial charge < -0.3 is 20.1 Å². The van der Waals surface area contributed by atoms with Crippen LogP contribution in [-0.2, 0) is 24.4 Å². The van der Waals surface area contributed by atoms with Crippen LogP contribution in [0.3, 0.4) is 0 Å². The van der Waals surface area contributed by atoms with Crippen molar-refractivity contribution in [3.63, 3.8) is 0 Å². The van der Waals surface area contributed by atoms with Crippen LogP contribution in [0.15, 0.2) is 12.1 Å². The Balaban J connectivity index is 1.61. The molecule has 0 spiro atoms. The maximum atomic E-state index is 10.5. The first-order valence-electron chi connectivity index (χ1n) is 9.86. The standard InChI is InChI=1S/C21H29N3O2/c1-14(2)22-21-18-13-26-12-17(18)16-10-15(20(25)11-19(16)23-21)6-5-9-24-7-3-4-8-24/h10-11,14,25H,3-9,12-13H2,1-2H3,(H,22,23). The maximum Gasteiger partial charge on any atom is 0.132 e. The van der Waals surface area contributed by atoms with Crippen LogP contribution in [0.25, 0.3) is 10.9 Å². The highest BCUT2D eigenvalue weighted by molar-refractivity contribution is 5.88. The average Bonchev–Trinajstić information content (AvgIpc) is 3.27. The van der Waals surface area contributed by atoms with Crippen molar-refractivity contribution in [3.05, 3.63) is 28.8 Å². The SMILES string of the molecule is CC(C)Nc1nc2cc(O)c(CCCN3CCCC3)cc2c2c1COC2. The predicted molar refractivity (Wildman–Crippen MR) is 105 cm³/mol. The van der Waals surface area contributed by atoms with Crippen molar-refractivity contribution >= 4 is 16.7 Å². The minimum absolute atomic E-state index is 0.308. The second-order valence-electron chi connectivity index (χ2n) is 7.86. The lowest BCUT2D eigenvalue weighted by Crippen LogP contribution is -2.20. The number of ether oxygens (including phenoxy) is 1. The summed E-state index contributed by atoms with van der Waals surface area (Å²) in [5.74, 6) is 1.25.